The number of carbonyl (C=O) groups excluding carboxylic acids is 1. The predicted molar refractivity (Wildman–Crippen MR) is 64.4 cm³/mol. The van der Waals surface area contributed by atoms with E-state index in [-0.39, 0.29) is 11.6 Å². The average Bonchev–Trinajstić information content (AvgIpc) is 2.26. The Kier molecular flexibility index (Phi) is 3.07. The third-order valence-electron chi connectivity index (χ3n) is 2.97. The molecule has 0 amide bonds. The van der Waals surface area contributed by atoms with Gasteiger partial charge < -0.3 is 14.8 Å². The summed E-state index contributed by atoms with van der Waals surface area (Å²) in [5, 5.41) is 3.18. The quantitative estimate of drug-likeness (QED) is 0.807. The lowest BCUT2D eigenvalue weighted by Gasteiger charge is -2.39. The molecular weight excluding hydrogens is 218 g/mol. The van der Waals surface area contributed by atoms with Crippen LogP contribution in [0.1, 0.15) is 22.8 Å². The molecule has 1 saturated heterocycles. The van der Waals surface area contributed by atoms with Gasteiger partial charge in [-0.1, -0.05) is 0 Å². The minimum atomic E-state index is -0.314. The van der Waals surface area contributed by atoms with Crippen molar-refractivity contribution in [2.45, 2.75) is 19.4 Å². The monoisotopic (exact) mass is 235 g/mol. The van der Waals surface area contributed by atoms with Crippen LogP contribution < -0.4 is 10.1 Å². The molecule has 0 spiro atoms. The van der Waals surface area contributed by atoms with E-state index in [2.05, 4.69) is 12.2 Å². The smallest absolute Gasteiger partial charge is 0.338 e. The van der Waals surface area contributed by atoms with Crippen molar-refractivity contribution in [3.05, 3.63) is 29.3 Å². The van der Waals surface area contributed by atoms with Crippen LogP contribution in [0.4, 0.5) is 0 Å². The third-order valence-corrected chi connectivity index (χ3v) is 2.97. The van der Waals surface area contributed by atoms with Crippen molar-refractivity contribution >= 4 is 5.97 Å². The van der Waals surface area contributed by atoms with Gasteiger partial charge in [0, 0.05) is 13.1 Å². The number of rotatable bonds is 3. The zero-order valence-corrected chi connectivity index (χ0v) is 10.4. The first-order chi connectivity index (χ1) is 8.04. The Labute approximate surface area is 101 Å². The van der Waals surface area contributed by atoms with E-state index < -0.39 is 0 Å². The summed E-state index contributed by atoms with van der Waals surface area (Å²) in [6.07, 6.45) is 0. The van der Waals surface area contributed by atoms with Gasteiger partial charge in [0.15, 0.2) is 0 Å². The Hall–Kier alpha value is -1.55. The van der Waals surface area contributed by atoms with Gasteiger partial charge in [-0.2, -0.15) is 0 Å². The number of carbonyl (C=O) groups is 1. The van der Waals surface area contributed by atoms with E-state index in [0.29, 0.717) is 5.56 Å². The fraction of sp³-hybridized carbons (Fsp3) is 0.462. The second kappa shape index (κ2) is 4.37. The molecule has 0 aliphatic carbocycles. The second-order valence-corrected chi connectivity index (χ2v) is 4.62. The fourth-order valence-corrected chi connectivity index (χ4v) is 1.87. The Balaban J connectivity index is 2.16. The zero-order valence-electron chi connectivity index (χ0n) is 10.4. The van der Waals surface area contributed by atoms with Crippen LogP contribution in [0.3, 0.4) is 0 Å². The molecule has 1 aromatic rings. The highest BCUT2D eigenvalue weighted by molar-refractivity contribution is 5.91. The predicted octanol–water partition coefficient (Wildman–Crippen LogP) is 1.52. The number of nitrogens with one attached hydrogen (secondary N) is 1. The molecule has 1 N–H and O–H groups in total. The average molecular weight is 235 g/mol. The lowest BCUT2D eigenvalue weighted by Crippen LogP contribution is -2.61. The molecule has 0 unspecified atom stereocenters. The van der Waals surface area contributed by atoms with Crippen molar-refractivity contribution in [3.63, 3.8) is 0 Å². The van der Waals surface area contributed by atoms with Gasteiger partial charge in [-0.3, -0.25) is 0 Å². The van der Waals surface area contributed by atoms with E-state index in [0.717, 1.165) is 24.4 Å². The molecule has 4 nitrogen and oxygen atoms in total. The highest BCUT2D eigenvalue weighted by Crippen LogP contribution is 2.24. The highest BCUT2D eigenvalue weighted by atomic mass is 16.5. The third kappa shape index (κ3) is 2.42. The van der Waals surface area contributed by atoms with Crippen molar-refractivity contribution in [2.75, 3.05) is 20.2 Å². The molecule has 0 bridgehead atoms. The standard InChI is InChI=1S/C13H17NO3/c1-9-6-10(17-13(2)7-14-8-13)4-5-11(9)12(15)16-3/h4-6,14H,7-8H2,1-3H3. The van der Waals surface area contributed by atoms with Gasteiger partial charge in [0.25, 0.3) is 0 Å². The topological polar surface area (TPSA) is 47.6 Å². The molecule has 0 atom stereocenters. The van der Waals surface area contributed by atoms with Gasteiger partial charge in [-0.05, 0) is 37.6 Å². The Bertz CT molecular complexity index is 438. The van der Waals surface area contributed by atoms with E-state index in [1.54, 1.807) is 6.07 Å². The lowest BCUT2D eigenvalue weighted by molar-refractivity contribution is 0.0348. The minimum Gasteiger partial charge on any atom is -0.485 e. The molecule has 1 fully saturated rings. The van der Waals surface area contributed by atoms with Gasteiger partial charge in [0.2, 0.25) is 0 Å². The van der Waals surface area contributed by atoms with E-state index in [4.69, 9.17) is 9.47 Å². The van der Waals surface area contributed by atoms with Crippen molar-refractivity contribution in [2.24, 2.45) is 0 Å². The number of hydrogen-bond acceptors (Lipinski definition) is 4. The van der Waals surface area contributed by atoms with Crippen molar-refractivity contribution in [1.29, 1.82) is 0 Å². The molecule has 1 heterocycles. The summed E-state index contributed by atoms with van der Waals surface area (Å²) in [5.41, 5.74) is 1.32. The van der Waals surface area contributed by atoms with Crippen LogP contribution in [0.5, 0.6) is 5.75 Å². The molecule has 1 aromatic carbocycles. The first-order valence-electron chi connectivity index (χ1n) is 5.63. The molecule has 92 valence electrons. The molecule has 1 aliphatic heterocycles. The molecule has 0 aromatic heterocycles. The van der Waals surface area contributed by atoms with Gasteiger partial charge in [0.1, 0.15) is 11.4 Å². The van der Waals surface area contributed by atoms with Crippen LogP contribution in [-0.2, 0) is 4.74 Å². The molecular formula is C13H17NO3. The summed E-state index contributed by atoms with van der Waals surface area (Å²) < 4.78 is 10.6. The summed E-state index contributed by atoms with van der Waals surface area (Å²) in [4.78, 5) is 11.4. The van der Waals surface area contributed by atoms with Gasteiger partial charge in [-0.15, -0.1) is 0 Å². The highest BCUT2D eigenvalue weighted by Gasteiger charge is 2.33. The van der Waals surface area contributed by atoms with Gasteiger partial charge >= 0.3 is 5.97 Å². The first kappa shape index (κ1) is 11.9. The Morgan fingerprint density at radius 1 is 1.41 bits per heavy atom. The maximum Gasteiger partial charge on any atom is 0.338 e. The number of benzene rings is 1. The van der Waals surface area contributed by atoms with E-state index >= 15 is 0 Å². The number of esters is 1. The minimum absolute atomic E-state index is 0.126. The maximum absolute atomic E-state index is 11.4. The van der Waals surface area contributed by atoms with Crippen LogP contribution in [0, 0.1) is 6.92 Å². The molecule has 2 rings (SSSR count). The van der Waals surface area contributed by atoms with Crippen LogP contribution >= 0.6 is 0 Å². The Morgan fingerprint density at radius 3 is 2.59 bits per heavy atom. The maximum atomic E-state index is 11.4. The lowest BCUT2D eigenvalue weighted by atomic mass is 10.00. The number of ether oxygens (including phenoxy) is 2. The molecule has 0 radical (unpaired) electrons. The summed E-state index contributed by atoms with van der Waals surface area (Å²) in [5.74, 6) is 0.477. The first-order valence-corrected chi connectivity index (χ1v) is 5.63. The molecule has 0 saturated carbocycles. The van der Waals surface area contributed by atoms with Gasteiger partial charge in [0.05, 0.1) is 12.7 Å². The van der Waals surface area contributed by atoms with Crippen molar-refractivity contribution in [1.82, 2.24) is 5.32 Å². The van der Waals surface area contributed by atoms with E-state index in [1.165, 1.54) is 7.11 Å². The van der Waals surface area contributed by atoms with Crippen LogP contribution in [0.2, 0.25) is 0 Å². The van der Waals surface area contributed by atoms with E-state index in [1.807, 2.05) is 19.1 Å². The largest absolute Gasteiger partial charge is 0.485 e. The van der Waals surface area contributed by atoms with Crippen molar-refractivity contribution < 1.29 is 14.3 Å². The normalized spacial score (nSPS) is 17.1. The number of methoxy groups -OCH3 is 1. The fourth-order valence-electron chi connectivity index (χ4n) is 1.87. The Morgan fingerprint density at radius 2 is 2.12 bits per heavy atom. The summed E-state index contributed by atoms with van der Waals surface area (Å²) in [6.45, 7) is 5.64. The number of hydrogen-bond donors (Lipinski definition) is 1. The van der Waals surface area contributed by atoms with Crippen LogP contribution in [0.15, 0.2) is 18.2 Å². The second-order valence-electron chi connectivity index (χ2n) is 4.62. The van der Waals surface area contributed by atoms with E-state index in [9.17, 15) is 4.79 Å². The van der Waals surface area contributed by atoms with Crippen molar-refractivity contribution in [3.8, 4) is 5.75 Å². The summed E-state index contributed by atoms with van der Waals surface area (Å²) in [6, 6.07) is 5.42. The summed E-state index contributed by atoms with van der Waals surface area (Å²) in [7, 11) is 1.38. The molecule has 4 heteroatoms. The summed E-state index contributed by atoms with van der Waals surface area (Å²) >= 11 is 0. The SMILES string of the molecule is COC(=O)c1ccc(OC2(C)CNC2)cc1C. The zero-order chi connectivity index (χ0) is 12.5. The molecule has 17 heavy (non-hydrogen) atoms. The molecule has 1 aliphatic rings. The van der Waals surface area contributed by atoms with Gasteiger partial charge in [-0.25, -0.2) is 4.79 Å². The van der Waals surface area contributed by atoms with Crippen LogP contribution in [-0.4, -0.2) is 31.8 Å². The number of aryl methyl sites for hydroxylation is 1. The van der Waals surface area contributed by atoms with Crippen LogP contribution in [0.25, 0.3) is 0 Å².